The highest BCUT2D eigenvalue weighted by Crippen LogP contribution is 2.25. The number of nitrogens with zero attached hydrogens (tertiary/aromatic N) is 3. The van der Waals surface area contributed by atoms with Gasteiger partial charge in [0.1, 0.15) is 11.0 Å². The Morgan fingerprint density at radius 1 is 1.22 bits per heavy atom. The number of piperidine rings is 1. The molecule has 6 nitrogen and oxygen atoms in total. The Morgan fingerprint density at radius 3 is 2.78 bits per heavy atom. The lowest BCUT2D eigenvalue weighted by Crippen LogP contribution is -2.45. The van der Waals surface area contributed by atoms with Gasteiger partial charge >= 0.3 is 0 Å². The number of anilines is 2. The van der Waals surface area contributed by atoms with Crippen LogP contribution in [0.1, 0.15) is 30.4 Å². The summed E-state index contributed by atoms with van der Waals surface area (Å²) >= 11 is 7.42. The van der Waals surface area contributed by atoms with Gasteiger partial charge in [0.25, 0.3) is 0 Å². The van der Waals surface area contributed by atoms with E-state index in [2.05, 4.69) is 40.6 Å². The van der Waals surface area contributed by atoms with E-state index in [-0.39, 0.29) is 11.7 Å². The maximum Gasteiger partial charge on any atom is 0.244 e. The zero-order valence-electron chi connectivity index (χ0n) is 15.6. The highest BCUT2D eigenvalue weighted by atomic mass is 35.5. The Bertz CT molecular complexity index is 811. The van der Waals surface area contributed by atoms with Crippen molar-refractivity contribution in [2.24, 2.45) is 0 Å². The predicted molar refractivity (Wildman–Crippen MR) is 111 cm³/mol. The summed E-state index contributed by atoms with van der Waals surface area (Å²) in [5.41, 5.74) is 6.27. The average molecular weight is 406 g/mol. The number of rotatable bonds is 6. The van der Waals surface area contributed by atoms with Gasteiger partial charge in [0, 0.05) is 24.8 Å². The molecule has 144 valence electrons. The summed E-state index contributed by atoms with van der Waals surface area (Å²) < 4.78 is 0. The standard InChI is InChI=1S/C19H24ClN5OS/c1-13-7-6-8-15(14(13)2)21-17-11-16(20)22-19(23-17)27-12-18(26)24-25-9-4-3-5-10-25/h6-8,11H,3-5,9-10,12H2,1-2H3,(H,24,26)(H,21,22,23). The molecule has 0 unspecified atom stereocenters. The van der Waals surface area contributed by atoms with E-state index < -0.39 is 0 Å². The van der Waals surface area contributed by atoms with Crippen molar-refractivity contribution >= 4 is 40.8 Å². The lowest BCUT2D eigenvalue weighted by Gasteiger charge is -2.26. The summed E-state index contributed by atoms with van der Waals surface area (Å²) in [4.78, 5) is 20.8. The van der Waals surface area contributed by atoms with E-state index in [1.807, 2.05) is 17.1 Å². The van der Waals surface area contributed by atoms with Crippen LogP contribution in [0, 0.1) is 13.8 Å². The highest BCUT2D eigenvalue weighted by Gasteiger charge is 2.14. The zero-order valence-corrected chi connectivity index (χ0v) is 17.2. The minimum absolute atomic E-state index is 0.0467. The van der Waals surface area contributed by atoms with Gasteiger partial charge in [-0.3, -0.25) is 10.2 Å². The van der Waals surface area contributed by atoms with E-state index in [0.717, 1.165) is 37.2 Å². The molecule has 27 heavy (non-hydrogen) atoms. The summed E-state index contributed by atoms with van der Waals surface area (Å²) in [6.45, 7) is 5.94. The fourth-order valence-electron chi connectivity index (χ4n) is 2.89. The maximum absolute atomic E-state index is 12.1. The molecule has 0 atom stereocenters. The molecular weight excluding hydrogens is 382 g/mol. The number of hydrogen-bond acceptors (Lipinski definition) is 6. The SMILES string of the molecule is Cc1cccc(Nc2cc(Cl)nc(SCC(=O)NN3CCCCC3)n2)c1C. The second-order valence-corrected chi connectivity index (χ2v) is 7.93. The van der Waals surface area contributed by atoms with Crippen LogP contribution in [-0.4, -0.2) is 39.7 Å². The second kappa shape index (κ2) is 9.39. The van der Waals surface area contributed by atoms with Crippen molar-refractivity contribution in [3.8, 4) is 0 Å². The first kappa shape index (κ1) is 19.9. The molecular formula is C19H24ClN5OS. The Kier molecular flexibility index (Phi) is 6.93. The lowest BCUT2D eigenvalue weighted by molar-refractivity contribution is -0.123. The number of aryl methyl sites for hydroxylation is 1. The molecule has 0 aliphatic carbocycles. The van der Waals surface area contributed by atoms with Crippen LogP contribution in [0.25, 0.3) is 0 Å². The smallest absolute Gasteiger partial charge is 0.244 e. The van der Waals surface area contributed by atoms with Crippen LogP contribution in [0.2, 0.25) is 5.15 Å². The molecule has 2 aromatic rings. The number of nitrogens with one attached hydrogen (secondary N) is 2. The quantitative estimate of drug-likeness (QED) is 0.428. The van der Waals surface area contributed by atoms with Crippen LogP contribution in [0.5, 0.6) is 0 Å². The number of halogens is 1. The number of thioether (sulfide) groups is 1. The predicted octanol–water partition coefficient (Wildman–Crippen LogP) is 4.10. The number of aromatic nitrogens is 2. The first-order valence-corrected chi connectivity index (χ1v) is 10.4. The van der Waals surface area contributed by atoms with Gasteiger partial charge in [-0.15, -0.1) is 0 Å². The zero-order chi connectivity index (χ0) is 19.2. The molecule has 2 heterocycles. The van der Waals surface area contributed by atoms with Crippen molar-refractivity contribution in [2.75, 3.05) is 24.2 Å². The molecule has 0 radical (unpaired) electrons. The summed E-state index contributed by atoms with van der Waals surface area (Å²) in [6, 6.07) is 7.74. The number of benzene rings is 1. The summed E-state index contributed by atoms with van der Waals surface area (Å²) in [5.74, 6) is 0.817. The van der Waals surface area contributed by atoms with Crippen LogP contribution in [0.15, 0.2) is 29.4 Å². The van der Waals surface area contributed by atoms with E-state index in [1.165, 1.54) is 23.7 Å². The summed E-state index contributed by atoms with van der Waals surface area (Å²) in [7, 11) is 0. The van der Waals surface area contributed by atoms with E-state index >= 15 is 0 Å². The molecule has 0 saturated carbocycles. The monoisotopic (exact) mass is 405 g/mol. The molecule has 0 bridgehead atoms. The Balaban J connectivity index is 1.61. The van der Waals surface area contributed by atoms with Gasteiger partial charge in [-0.1, -0.05) is 41.9 Å². The molecule has 2 N–H and O–H groups in total. The van der Waals surface area contributed by atoms with Gasteiger partial charge in [-0.2, -0.15) is 0 Å². The molecule has 1 aliphatic heterocycles. The van der Waals surface area contributed by atoms with Gasteiger partial charge in [0.05, 0.1) is 5.75 Å². The Morgan fingerprint density at radius 2 is 2.00 bits per heavy atom. The Labute approximate surface area is 169 Å². The average Bonchev–Trinajstić information content (AvgIpc) is 2.64. The first-order valence-electron chi connectivity index (χ1n) is 9.06. The van der Waals surface area contributed by atoms with Gasteiger partial charge < -0.3 is 5.32 Å². The van der Waals surface area contributed by atoms with Crippen molar-refractivity contribution in [3.63, 3.8) is 0 Å². The van der Waals surface area contributed by atoms with Crippen molar-refractivity contribution < 1.29 is 4.79 Å². The third-order valence-electron chi connectivity index (χ3n) is 4.51. The van der Waals surface area contributed by atoms with E-state index in [0.29, 0.717) is 16.1 Å². The molecule has 1 amide bonds. The Hall–Kier alpha value is -1.83. The van der Waals surface area contributed by atoms with Gasteiger partial charge in [-0.05, 0) is 43.9 Å². The molecule has 1 aromatic heterocycles. The van der Waals surface area contributed by atoms with Crippen molar-refractivity contribution in [3.05, 3.63) is 40.5 Å². The highest BCUT2D eigenvalue weighted by molar-refractivity contribution is 7.99. The second-order valence-electron chi connectivity index (χ2n) is 6.60. The third kappa shape index (κ3) is 5.82. The molecule has 1 aromatic carbocycles. The molecule has 1 fully saturated rings. The third-order valence-corrected chi connectivity index (χ3v) is 5.55. The summed E-state index contributed by atoms with van der Waals surface area (Å²) in [5, 5.41) is 6.09. The first-order chi connectivity index (χ1) is 13.0. The number of amides is 1. The van der Waals surface area contributed by atoms with Crippen LogP contribution in [-0.2, 0) is 4.79 Å². The normalized spacial score (nSPS) is 14.8. The van der Waals surface area contributed by atoms with Crippen LogP contribution in [0.4, 0.5) is 11.5 Å². The van der Waals surface area contributed by atoms with Gasteiger partial charge in [0.15, 0.2) is 5.16 Å². The summed E-state index contributed by atoms with van der Waals surface area (Å²) in [6.07, 6.45) is 3.48. The largest absolute Gasteiger partial charge is 0.340 e. The molecule has 3 rings (SSSR count). The molecule has 1 aliphatic rings. The van der Waals surface area contributed by atoms with E-state index in [4.69, 9.17) is 11.6 Å². The molecule has 0 spiro atoms. The van der Waals surface area contributed by atoms with E-state index in [9.17, 15) is 4.79 Å². The fraction of sp³-hybridized carbons (Fsp3) is 0.421. The minimum Gasteiger partial charge on any atom is -0.340 e. The molecule has 1 saturated heterocycles. The van der Waals surface area contributed by atoms with E-state index in [1.54, 1.807) is 6.07 Å². The number of hydrogen-bond donors (Lipinski definition) is 2. The van der Waals surface area contributed by atoms with Crippen LogP contribution >= 0.6 is 23.4 Å². The topological polar surface area (TPSA) is 70.2 Å². The van der Waals surface area contributed by atoms with Crippen LogP contribution in [0.3, 0.4) is 0 Å². The van der Waals surface area contributed by atoms with Gasteiger partial charge in [0.2, 0.25) is 5.91 Å². The van der Waals surface area contributed by atoms with Crippen LogP contribution < -0.4 is 10.7 Å². The molecule has 8 heteroatoms. The van der Waals surface area contributed by atoms with Crippen molar-refractivity contribution in [1.82, 2.24) is 20.4 Å². The van der Waals surface area contributed by atoms with Crippen molar-refractivity contribution in [1.29, 1.82) is 0 Å². The number of hydrazine groups is 1. The maximum atomic E-state index is 12.1. The number of carbonyl (C=O) groups excluding carboxylic acids is 1. The number of carbonyl (C=O) groups is 1. The lowest BCUT2D eigenvalue weighted by atomic mass is 10.1. The minimum atomic E-state index is -0.0467. The van der Waals surface area contributed by atoms with Crippen molar-refractivity contribution in [2.45, 2.75) is 38.3 Å². The fourth-order valence-corrected chi connectivity index (χ4v) is 3.78. The van der Waals surface area contributed by atoms with Gasteiger partial charge in [-0.25, -0.2) is 15.0 Å².